The Morgan fingerprint density at radius 2 is 2.12 bits per heavy atom. The van der Waals surface area contributed by atoms with Gasteiger partial charge in [0.2, 0.25) is 0 Å². The average molecular weight is 287 g/mol. The minimum atomic E-state index is 0.0762. The highest BCUT2D eigenvalue weighted by Gasteiger charge is 2.21. The van der Waals surface area contributed by atoms with Gasteiger partial charge in [0.25, 0.3) is 5.91 Å². The zero-order valence-corrected chi connectivity index (χ0v) is 10.6. The molecular weight excluding hydrogens is 272 g/mol. The van der Waals surface area contributed by atoms with Crippen LogP contribution in [0.1, 0.15) is 10.4 Å². The van der Waals surface area contributed by atoms with E-state index in [4.69, 9.17) is 4.42 Å². The lowest BCUT2D eigenvalue weighted by molar-refractivity contribution is 0.0644. The van der Waals surface area contributed by atoms with Crippen molar-refractivity contribution in [2.24, 2.45) is 0 Å². The van der Waals surface area contributed by atoms with E-state index in [1.165, 1.54) is 12.5 Å². The highest BCUT2D eigenvalue weighted by molar-refractivity contribution is 9.09. The Hall–Kier alpha value is -0.810. The predicted molar refractivity (Wildman–Crippen MR) is 64.8 cm³/mol. The molecule has 1 aromatic rings. The van der Waals surface area contributed by atoms with Crippen LogP contribution in [0.2, 0.25) is 0 Å². The molecule has 1 aromatic heterocycles. The molecule has 5 heteroatoms. The van der Waals surface area contributed by atoms with Crippen molar-refractivity contribution in [3.05, 3.63) is 24.2 Å². The molecule has 1 aliphatic rings. The summed E-state index contributed by atoms with van der Waals surface area (Å²) >= 11 is 3.43. The maximum Gasteiger partial charge on any atom is 0.257 e. The molecule has 88 valence electrons. The van der Waals surface area contributed by atoms with Gasteiger partial charge in [0.1, 0.15) is 6.26 Å². The van der Waals surface area contributed by atoms with Gasteiger partial charge in [-0.25, -0.2) is 0 Å². The lowest BCUT2D eigenvalue weighted by Gasteiger charge is -2.34. The highest BCUT2D eigenvalue weighted by Crippen LogP contribution is 2.09. The summed E-state index contributed by atoms with van der Waals surface area (Å²) < 4.78 is 4.92. The number of nitrogens with zero attached hydrogens (tertiary/aromatic N) is 2. The van der Waals surface area contributed by atoms with E-state index < -0.39 is 0 Å². The zero-order chi connectivity index (χ0) is 11.4. The Balaban J connectivity index is 1.87. The van der Waals surface area contributed by atoms with Crippen LogP contribution in [0, 0.1) is 0 Å². The molecule has 0 spiro atoms. The SMILES string of the molecule is O=C(c1ccoc1)N1CCN(CCBr)CC1. The second-order valence-corrected chi connectivity index (χ2v) is 4.63. The van der Waals surface area contributed by atoms with Crippen molar-refractivity contribution in [3.8, 4) is 0 Å². The van der Waals surface area contributed by atoms with E-state index in [-0.39, 0.29) is 5.91 Å². The van der Waals surface area contributed by atoms with Crippen molar-refractivity contribution in [1.29, 1.82) is 0 Å². The second-order valence-electron chi connectivity index (χ2n) is 3.83. The first-order chi connectivity index (χ1) is 7.81. The number of amides is 1. The van der Waals surface area contributed by atoms with E-state index in [2.05, 4.69) is 20.8 Å². The van der Waals surface area contributed by atoms with E-state index >= 15 is 0 Å². The van der Waals surface area contributed by atoms with Crippen LogP contribution in [-0.2, 0) is 0 Å². The molecule has 1 saturated heterocycles. The van der Waals surface area contributed by atoms with Gasteiger partial charge in [-0.2, -0.15) is 0 Å². The van der Waals surface area contributed by atoms with Crippen LogP contribution in [-0.4, -0.2) is 53.8 Å². The quantitative estimate of drug-likeness (QED) is 0.789. The Labute approximate surface area is 103 Å². The molecule has 0 atom stereocenters. The summed E-state index contributed by atoms with van der Waals surface area (Å²) in [5.74, 6) is 0.0762. The van der Waals surface area contributed by atoms with Gasteiger partial charge in [0, 0.05) is 38.1 Å². The average Bonchev–Trinajstić information content (AvgIpc) is 2.83. The van der Waals surface area contributed by atoms with Gasteiger partial charge in [-0.05, 0) is 6.07 Å². The van der Waals surface area contributed by atoms with Crippen LogP contribution in [0.5, 0.6) is 0 Å². The largest absolute Gasteiger partial charge is 0.472 e. The number of carbonyl (C=O) groups is 1. The van der Waals surface area contributed by atoms with Gasteiger partial charge >= 0.3 is 0 Å². The number of alkyl halides is 1. The highest BCUT2D eigenvalue weighted by atomic mass is 79.9. The molecule has 16 heavy (non-hydrogen) atoms. The Kier molecular flexibility index (Phi) is 4.01. The molecule has 2 heterocycles. The molecule has 4 nitrogen and oxygen atoms in total. The third kappa shape index (κ3) is 2.65. The van der Waals surface area contributed by atoms with E-state index in [9.17, 15) is 4.79 Å². The summed E-state index contributed by atoms with van der Waals surface area (Å²) in [5.41, 5.74) is 0.647. The Morgan fingerprint density at radius 3 is 2.69 bits per heavy atom. The summed E-state index contributed by atoms with van der Waals surface area (Å²) in [6.45, 7) is 4.56. The fourth-order valence-corrected chi connectivity index (χ4v) is 2.36. The smallest absolute Gasteiger partial charge is 0.257 e. The monoisotopic (exact) mass is 286 g/mol. The molecule has 1 fully saturated rings. The number of hydrogen-bond acceptors (Lipinski definition) is 3. The lowest BCUT2D eigenvalue weighted by atomic mass is 10.2. The van der Waals surface area contributed by atoms with Gasteiger partial charge in [-0.3, -0.25) is 9.69 Å². The van der Waals surface area contributed by atoms with Gasteiger partial charge in [-0.1, -0.05) is 15.9 Å². The fraction of sp³-hybridized carbons (Fsp3) is 0.545. The fourth-order valence-electron chi connectivity index (χ4n) is 1.86. The first-order valence-corrected chi connectivity index (χ1v) is 6.53. The van der Waals surface area contributed by atoms with Crippen LogP contribution < -0.4 is 0 Å². The molecular formula is C11H15BrN2O2. The molecule has 1 aliphatic heterocycles. The van der Waals surface area contributed by atoms with Crippen molar-refractivity contribution in [1.82, 2.24) is 9.80 Å². The first-order valence-electron chi connectivity index (χ1n) is 5.41. The van der Waals surface area contributed by atoms with Crippen LogP contribution in [0.4, 0.5) is 0 Å². The van der Waals surface area contributed by atoms with Crippen molar-refractivity contribution >= 4 is 21.8 Å². The number of carbonyl (C=O) groups excluding carboxylic acids is 1. The van der Waals surface area contributed by atoms with Crippen molar-refractivity contribution in [2.45, 2.75) is 0 Å². The standard InChI is InChI=1S/C11H15BrN2O2/c12-2-3-13-4-6-14(7-5-13)11(15)10-1-8-16-9-10/h1,8-9H,2-7H2. The van der Waals surface area contributed by atoms with Crippen LogP contribution in [0.25, 0.3) is 0 Å². The molecule has 0 aromatic carbocycles. The minimum absolute atomic E-state index is 0.0762. The third-order valence-electron chi connectivity index (χ3n) is 2.83. The molecule has 0 radical (unpaired) electrons. The molecule has 0 aliphatic carbocycles. The summed E-state index contributed by atoms with van der Waals surface area (Å²) in [6.07, 6.45) is 3.04. The summed E-state index contributed by atoms with van der Waals surface area (Å²) in [7, 11) is 0. The lowest BCUT2D eigenvalue weighted by Crippen LogP contribution is -2.49. The maximum absolute atomic E-state index is 12.0. The van der Waals surface area contributed by atoms with E-state index in [0.29, 0.717) is 5.56 Å². The summed E-state index contributed by atoms with van der Waals surface area (Å²) in [4.78, 5) is 16.2. The summed E-state index contributed by atoms with van der Waals surface area (Å²) in [6, 6.07) is 1.72. The molecule has 0 bridgehead atoms. The van der Waals surface area contributed by atoms with Crippen LogP contribution in [0.3, 0.4) is 0 Å². The van der Waals surface area contributed by atoms with E-state index in [1.54, 1.807) is 6.07 Å². The molecule has 2 rings (SSSR count). The Bertz CT molecular complexity index is 332. The Morgan fingerprint density at radius 1 is 1.38 bits per heavy atom. The molecule has 0 N–H and O–H groups in total. The van der Waals surface area contributed by atoms with Crippen molar-refractivity contribution in [3.63, 3.8) is 0 Å². The minimum Gasteiger partial charge on any atom is -0.472 e. The normalized spacial score (nSPS) is 17.7. The van der Waals surface area contributed by atoms with E-state index in [1.807, 2.05) is 4.90 Å². The molecule has 0 saturated carbocycles. The van der Waals surface area contributed by atoms with Crippen LogP contribution >= 0.6 is 15.9 Å². The number of hydrogen-bond donors (Lipinski definition) is 0. The van der Waals surface area contributed by atoms with Gasteiger partial charge in [-0.15, -0.1) is 0 Å². The van der Waals surface area contributed by atoms with Gasteiger partial charge in [0.05, 0.1) is 11.8 Å². The zero-order valence-electron chi connectivity index (χ0n) is 9.06. The van der Waals surface area contributed by atoms with Crippen LogP contribution in [0.15, 0.2) is 23.0 Å². The topological polar surface area (TPSA) is 36.7 Å². The van der Waals surface area contributed by atoms with Crippen molar-refractivity contribution < 1.29 is 9.21 Å². The second kappa shape index (κ2) is 5.50. The predicted octanol–water partition coefficient (Wildman–Crippen LogP) is 1.43. The molecule has 1 amide bonds. The van der Waals surface area contributed by atoms with Crippen molar-refractivity contribution in [2.75, 3.05) is 38.1 Å². The van der Waals surface area contributed by atoms with Gasteiger partial charge in [0.15, 0.2) is 0 Å². The third-order valence-corrected chi connectivity index (χ3v) is 3.18. The van der Waals surface area contributed by atoms with Gasteiger partial charge < -0.3 is 9.32 Å². The summed E-state index contributed by atoms with van der Waals surface area (Å²) in [5, 5.41) is 0.989. The first kappa shape index (κ1) is 11.7. The molecule has 0 unspecified atom stereocenters. The number of furan rings is 1. The maximum atomic E-state index is 12.0. The number of halogens is 1. The number of piperazine rings is 1. The number of rotatable bonds is 3. The van der Waals surface area contributed by atoms with E-state index in [0.717, 1.165) is 38.1 Å².